The van der Waals surface area contributed by atoms with Gasteiger partial charge < -0.3 is 21.7 Å². The summed E-state index contributed by atoms with van der Waals surface area (Å²) in [6, 6.07) is 0. The number of rotatable bonds is 4. The molecule has 0 aliphatic carbocycles. The third-order valence-corrected chi connectivity index (χ3v) is 1.40. The van der Waals surface area contributed by atoms with E-state index in [0.29, 0.717) is 13.1 Å². The fourth-order valence-electron chi connectivity index (χ4n) is 0.797. The van der Waals surface area contributed by atoms with Crippen molar-refractivity contribution in [2.75, 3.05) is 19.7 Å². The maximum Gasteiger partial charge on any atom is 0.405 e. The Morgan fingerprint density at radius 3 is 2.40 bits per heavy atom. The van der Waals surface area contributed by atoms with Gasteiger partial charge in [-0.3, -0.25) is 6.42 Å². The van der Waals surface area contributed by atoms with Crippen LogP contribution in [-0.4, -0.2) is 41.4 Å². The Kier molecular flexibility index (Phi) is 10.0. The van der Waals surface area contributed by atoms with Gasteiger partial charge >= 0.3 is 6.09 Å². The first-order valence-corrected chi connectivity index (χ1v) is 4.60. The summed E-state index contributed by atoms with van der Waals surface area (Å²) in [7, 11) is 0. The van der Waals surface area contributed by atoms with Crippen LogP contribution < -0.4 is 0 Å². The average Bonchev–Trinajstić information content (AvgIpc) is 2.02. The first-order chi connectivity index (χ1) is 6.40. The van der Waals surface area contributed by atoms with Gasteiger partial charge in [-0.15, -0.1) is 13.1 Å². The Morgan fingerprint density at radius 2 is 2.07 bits per heavy atom. The summed E-state index contributed by atoms with van der Waals surface area (Å²) in [4.78, 5) is 12.9. The van der Waals surface area contributed by atoms with Crippen molar-refractivity contribution in [2.45, 2.75) is 26.4 Å². The summed E-state index contributed by atoms with van der Waals surface area (Å²) in [6.07, 6.45) is 1.17. The Labute approximate surface area is 117 Å². The van der Waals surface area contributed by atoms with E-state index in [9.17, 15) is 4.79 Å². The smallest absolute Gasteiger partial charge is 0.405 e. The number of ether oxygens (including phenoxy) is 1. The summed E-state index contributed by atoms with van der Waals surface area (Å²) in [6.45, 7) is 9.66. The standard InChI is InChI=1S/C10H19NO3.Y/c1-5-11(7-6-8-12)9(13)14-10(2,3)4;/h6,12H,1,5,7-8H2,2-4H3;/q-2;. The van der Waals surface area contributed by atoms with Gasteiger partial charge in [0.1, 0.15) is 5.60 Å². The maximum absolute atomic E-state index is 11.5. The predicted molar refractivity (Wildman–Crippen MR) is 54.5 cm³/mol. The third-order valence-electron chi connectivity index (χ3n) is 1.40. The van der Waals surface area contributed by atoms with Gasteiger partial charge in [0.2, 0.25) is 0 Å². The van der Waals surface area contributed by atoms with Crippen molar-refractivity contribution in [2.24, 2.45) is 0 Å². The molecule has 0 fully saturated rings. The van der Waals surface area contributed by atoms with Crippen LogP contribution in [0.3, 0.4) is 0 Å². The van der Waals surface area contributed by atoms with Crippen molar-refractivity contribution in [3.8, 4) is 0 Å². The van der Waals surface area contributed by atoms with E-state index in [2.05, 4.69) is 6.92 Å². The van der Waals surface area contributed by atoms with Gasteiger partial charge in [0.15, 0.2) is 0 Å². The number of hydrogen-bond donors (Lipinski definition) is 1. The Morgan fingerprint density at radius 1 is 1.53 bits per heavy atom. The number of carbonyl (C=O) groups excluding carboxylic acids is 1. The van der Waals surface area contributed by atoms with Gasteiger partial charge in [-0.2, -0.15) is 0 Å². The third kappa shape index (κ3) is 9.27. The number of aliphatic hydroxyl groups is 1. The minimum atomic E-state index is -0.496. The normalized spacial score (nSPS) is 10.5. The fraction of sp³-hybridized carbons (Fsp3) is 0.700. The molecule has 0 aromatic heterocycles. The molecule has 0 heterocycles. The summed E-state index contributed by atoms with van der Waals surface area (Å²) in [5, 5.41) is 8.57. The van der Waals surface area contributed by atoms with Crippen LogP contribution in [0.15, 0.2) is 0 Å². The van der Waals surface area contributed by atoms with E-state index in [4.69, 9.17) is 9.84 Å². The molecule has 0 bridgehead atoms. The topological polar surface area (TPSA) is 49.8 Å². The van der Waals surface area contributed by atoms with Gasteiger partial charge in [-0.1, -0.05) is 6.61 Å². The molecule has 15 heavy (non-hydrogen) atoms. The minimum absolute atomic E-state index is 0. The molecular weight excluding hydrogens is 271 g/mol. The monoisotopic (exact) mass is 290 g/mol. The first-order valence-electron chi connectivity index (χ1n) is 4.60. The van der Waals surface area contributed by atoms with Crippen LogP contribution in [0.4, 0.5) is 4.79 Å². The van der Waals surface area contributed by atoms with E-state index < -0.39 is 11.7 Å². The zero-order chi connectivity index (χ0) is 11.2. The van der Waals surface area contributed by atoms with Crippen molar-refractivity contribution in [3.63, 3.8) is 0 Å². The van der Waals surface area contributed by atoms with Crippen molar-refractivity contribution >= 4 is 6.09 Å². The molecule has 1 amide bonds. The van der Waals surface area contributed by atoms with E-state index in [1.54, 1.807) is 6.42 Å². The van der Waals surface area contributed by atoms with Crippen molar-refractivity contribution in [1.82, 2.24) is 4.90 Å². The van der Waals surface area contributed by atoms with Crippen LogP contribution in [0.2, 0.25) is 0 Å². The Bertz CT molecular complexity index is 180. The molecule has 0 saturated heterocycles. The molecule has 0 atom stereocenters. The quantitative estimate of drug-likeness (QED) is 0.793. The molecule has 0 spiro atoms. The fourth-order valence-corrected chi connectivity index (χ4v) is 0.797. The molecule has 0 aromatic carbocycles. The van der Waals surface area contributed by atoms with Gasteiger partial charge in [-0.25, -0.2) is 4.79 Å². The number of nitrogens with zero attached hydrogens (tertiary/aromatic N) is 1. The largest absolute Gasteiger partial charge is 0.444 e. The summed E-state index contributed by atoms with van der Waals surface area (Å²) < 4.78 is 5.13. The van der Waals surface area contributed by atoms with Crippen molar-refractivity contribution < 1.29 is 47.3 Å². The van der Waals surface area contributed by atoms with Crippen LogP contribution in [0.1, 0.15) is 20.8 Å². The minimum Gasteiger partial charge on any atom is -0.444 e. The second-order valence-electron chi connectivity index (χ2n) is 3.90. The van der Waals surface area contributed by atoms with Crippen molar-refractivity contribution in [3.05, 3.63) is 13.3 Å². The SMILES string of the molecule is [CH2-]CN(C[CH-]CO)C(=O)OC(C)(C)C.[Y]. The second kappa shape index (κ2) is 8.48. The molecule has 0 aliphatic rings. The molecule has 0 rings (SSSR count). The van der Waals surface area contributed by atoms with Crippen LogP contribution in [0.5, 0.6) is 0 Å². The van der Waals surface area contributed by atoms with Gasteiger partial charge in [0.25, 0.3) is 0 Å². The van der Waals surface area contributed by atoms with Crippen LogP contribution >= 0.6 is 0 Å². The van der Waals surface area contributed by atoms with Gasteiger partial charge in [-0.05, 0) is 20.8 Å². The van der Waals surface area contributed by atoms with Crippen LogP contribution in [0.25, 0.3) is 0 Å². The van der Waals surface area contributed by atoms with E-state index in [0.717, 1.165) is 0 Å². The molecular formula is C10H19NO3Y-2. The van der Waals surface area contributed by atoms with Crippen LogP contribution in [-0.2, 0) is 37.4 Å². The summed E-state index contributed by atoms with van der Waals surface area (Å²) in [5.41, 5.74) is -0.496. The van der Waals surface area contributed by atoms with E-state index in [1.807, 2.05) is 20.8 Å². The van der Waals surface area contributed by atoms with Gasteiger partial charge in [0, 0.05) is 32.7 Å². The summed E-state index contributed by atoms with van der Waals surface area (Å²) >= 11 is 0. The molecule has 0 saturated carbocycles. The Balaban J connectivity index is 0. The Hall–Kier alpha value is 0.334. The number of hydrogen-bond acceptors (Lipinski definition) is 3. The molecule has 5 heteroatoms. The first kappa shape index (κ1) is 17.7. The van der Waals surface area contributed by atoms with E-state index in [-0.39, 0.29) is 39.3 Å². The molecule has 87 valence electrons. The van der Waals surface area contributed by atoms with E-state index >= 15 is 0 Å². The average molecular weight is 290 g/mol. The number of amides is 1. The number of carbonyl (C=O) groups is 1. The molecule has 1 radical (unpaired) electrons. The zero-order valence-electron chi connectivity index (χ0n) is 9.69. The predicted octanol–water partition coefficient (Wildman–Crippen LogP) is 1.25. The summed E-state index contributed by atoms with van der Waals surface area (Å²) in [5.74, 6) is 0. The zero-order valence-corrected chi connectivity index (χ0v) is 12.5. The van der Waals surface area contributed by atoms with Crippen LogP contribution in [0, 0.1) is 13.3 Å². The number of aliphatic hydroxyl groups excluding tert-OH is 1. The maximum atomic E-state index is 11.5. The van der Waals surface area contributed by atoms with Crippen molar-refractivity contribution in [1.29, 1.82) is 0 Å². The molecule has 0 aromatic rings. The molecule has 0 unspecified atom stereocenters. The second-order valence-corrected chi connectivity index (χ2v) is 3.90. The molecule has 1 N–H and O–H groups in total. The molecule has 4 nitrogen and oxygen atoms in total. The molecule has 0 aliphatic heterocycles. The van der Waals surface area contributed by atoms with E-state index in [1.165, 1.54) is 4.90 Å². The van der Waals surface area contributed by atoms with Gasteiger partial charge in [0.05, 0.1) is 0 Å².